The van der Waals surface area contributed by atoms with E-state index in [-0.39, 0.29) is 33.5 Å². The fourth-order valence-electron chi connectivity index (χ4n) is 2.39. The van der Waals surface area contributed by atoms with Crippen LogP contribution in [0.2, 0.25) is 5.02 Å². The second-order valence-corrected chi connectivity index (χ2v) is 5.74. The van der Waals surface area contributed by atoms with Crippen molar-refractivity contribution in [3.8, 4) is 5.75 Å². The van der Waals surface area contributed by atoms with E-state index < -0.39 is 17.6 Å². The lowest BCUT2D eigenvalue weighted by atomic mass is 10.2. The molecule has 0 aliphatic carbocycles. The van der Waals surface area contributed by atoms with E-state index in [1.54, 1.807) is 0 Å². The van der Waals surface area contributed by atoms with Crippen molar-refractivity contribution in [1.29, 1.82) is 0 Å². The molecular formula is C16H11ClF3N3O2. The van der Waals surface area contributed by atoms with Gasteiger partial charge in [-0.05, 0) is 37.3 Å². The highest BCUT2D eigenvalue weighted by atomic mass is 35.5. The Balaban J connectivity index is 2.06. The molecule has 0 atom stereocenters. The molecule has 0 spiro atoms. The normalized spacial score (nSPS) is 11.7. The van der Waals surface area contributed by atoms with Gasteiger partial charge in [-0.15, -0.1) is 0 Å². The minimum atomic E-state index is -4.55. The van der Waals surface area contributed by atoms with Gasteiger partial charge in [-0.1, -0.05) is 11.6 Å². The topological polar surface area (TPSA) is 66.6 Å². The van der Waals surface area contributed by atoms with Crippen LogP contribution in [0.15, 0.2) is 36.5 Å². The van der Waals surface area contributed by atoms with E-state index in [1.165, 1.54) is 31.2 Å². The number of phenolic OH excluding ortho intramolecular Hbond substituents is 1. The van der Waals surface area contributed by atoms with Crippen molar-refractivity contribution < 1.29 is 23.1 Å². The Kier molecular flexibility index (Phi) is 4.08. The summed E-state index contributed by atoms with van der Waals surface area (Å²) in [6.07, 6.45) is -3.74. The summed E-state index contributed by atoms with van der Waals surface area (Å²) in [6, 6.07) is 6.13. The van der Waals surface area contributed by atoms with Gasteiger partial charge in [-0.3, -0.25) is 9.20 Å². The van der Waals surface area contributed by atoms with Crippen LogP contribution in [0, 0.1) is 6.92 Å². The number of nitrogens with one attached hydrogen (secondary N) is 1. The molecule has 0 saturated heterocycles. The third kappa shape index (κ3) is 3.25. The highest BCUT2D eigenvalue weighted by Crippen LogP contribution is 2.30. The van der Waals surface area contributed by atoms with Crippen molar-refractivity contribution >= 4 is 28.8 Å². The van der Waals surface area contributed by atoms with Crippen molar-refractivity contribution in [3.05, 3.63) is 58.5 Å². The predicted molar refractivity (Wildman–Crippen MR) is 86.0 cm³/mol. The number of fused-ring (bicyclic) bond motifs is 1. The van der Waals surface area contributed by atoms with Gasteiger partial charge in [-0.2, -0.15) is 13.2 Å². The molecule has 9 heteroatoms. The molecule has 1 amide bonds. The molecule has 1 aromatic carbocycles. The number of benzene rings is 1. The van der Waals surface area contributed by atoms with Crippen LogP contribution >= 0.6 is 11.6 Å². The van der Waals surface area contributed by atoms with Gasteiger partial charge in [0.2, 0.25) is 0 Å². The number of rotatable bonds is 2. The summed E-state index contributed by atoms with van der Waals surface area (Å²) >= 11 is 5.82. The van der Waals surface area contributed by atoms with Crippen LogP contribution in [-0.4, -0.2) is 20.4 Å². The molecule has 3 rings (SSSR count). The Bertz CT molecular complexity index is 983. The number of carbonyl (C=O) groups is 1. The van der Waals surface area contributed by atoms with Crippen LogP contribution < -0.4 is 5.32 Å². The lowest BCUT2D eigenvalue weighted by Crippen LogP contribution is -2.16. The molecule has 2 aromatic heterocycles. The van der Waals surface area contributed by atoms with Gasteiger partial charge < -0.3 is 10.4 Å². The first-order valence-electron chi connectivity index (χ1n) is 7.02. The molecule has 0 aliphatic heterocycles. The molecule has 0 bridgehead atoms. The predicted octanol–water partition coefficient (Wildman–Crippen LogP) is 4.27. The zero-order valence-electron chi connectivity index (χ0n) is 12.7. The van der Waals surface area contributed by atoms with E-state index >= 15 is 0 Å². The number of phenols is 1. The summed E-state index contributed by atoms with van der Waals surface area (Å²) < 4.78 is 39.8. The molecule has 130 valence electrons. The number of alkyl halides is 3. The Morgan fingerprint density at radius 2 is 2.00 bits per heavy atom. The minimum Gasteiger partial charge on any atom is -0.506 e. The molecule has 2 N–H and O–H groups in total. The number of imidazole rings is 1. The van der Waals surface area contributed by atoms with Crippen molar-refractivity contribution in [1.82, 2.24) is 9.38 Å². The Hall–Kier alpha value is -2.74. The maximum atomic E-state index is 12.9. The number of halogens is 4. The van der Waals surface area contributed by atoms with Crippen LogP contribution in [0.1, 0.15) is 21.7 Å². The molecule has 3 aromatic rings. The number of hydrogen-bond donors (Lipinski definition) is 2. The third-order valence-electron chi connectivity index (χ3n) is 3.54. The fraction of sp³-hybridized carbons (Fsp3) is 0.125. The molecule has 0 aliphatic rings. The molecule has 0 fully saturated rings. The first-order chi connectivity index (χ1) is 11.7. The van der Waals surface area contributed by atoms with Gasteiger partial charge in [0, 0.05) is 11.2 Å². The Labute approximate surface area is 144 Å². The number of aromatic hydroxyl groups is 1. The number of amides is 1. The first-order valence-corrected chi connectivity index (χ1v) is 7.40. The van der Waals surface area contributed by atoms with Crippen molar-refractivity contribution in [3.63, 3.8) is 0 Å². The highest BCUT2D eigenvalue weighted by molar-refractivity contribution is 6.31. The van der Waals surface area contributed by atoms with E-state index in [2.05, 4.69) is 10.3 Å². The molecule has 25 heavy (non-hydrogen) atoms. The third-order valence-corrected chi connectivity index (χ3v) is 3.78. The maximum absolute atomic E-state index is 12.9. The zero-order chi connectivity index (χ0) is 18.4. The van der Waals surface area contributed by atoms with E-state index in [0.29, 0.717) is 0 Å². The number of aryl methyl sites for hydroxylation is 1. The standard InChI is InChI=1S/C16H11ClF3N3O2/c1-8-14(15(25)22-11-6-10(17)3-4-12(11)24)23-7-9(16(18,19)20)2-5-13(23)21-8/h2-7,24H,1H3,(H,22,25). The fourth-order valence-corrected chi connectivity index (χ4v) is 2.57. The summed E-state index contributed by atoms with van der Waals surface area (Å²) in [5, 5.41) is 12.5. The molecule has 0 unspecified atom stereocenters. The second-order valence-electron chi connectivity index (χ2n) is 5.31. The molecule has 5 nitrogen and oxygen atoms in total. The summed E-state index contributed by atoms with van der Waals surface area (Å²) in [6.45, 7) is 1.51. The van der Waals surface area contributed by atoms with Crippen LogP contribution in [0.25, 0.3) is 5.65 Å². The van der Waals surface area contributed by atoms with Crippen molar-refractivity contribution in [2.45, 2.75) is 13.1 Å². The molecule has 2 heterocycles. The van der Waals surface area contributed by atoms with Gasteiger partial charge in [0.25, 0.3) is 5.91 Å². The van der Waals surface area contributed by atoms with E-state index in [1.807, 2.05) is 0 Å². The van der Waals surface area contributed by atoms with Gasteiger partial charge in [0.05, 0.1) is 16.9 Å². The van der Waals surface area contributed by atoms with Gasteiger partial charge in [0.15, 0.2) is 0 Å². The van der Waals surface area contributed by atoms with Crippen LogP contribution in [0.3, 0.4) is 0 Å². The van der Waals surface area contributed by atoms with Crippen molar-refractivity contribution in [2.24, 2.45) is 0 Å². The number of anilines is 1. The number of pyridine rings is 1. The zero-order valence-corrected chi connectivity index (χ0v) is 13.5. The van der Waals surface area contributed by atoms with Crippen LogP contribution in [-0.2, 0) is 6.18 Å². The number of nitrogens with zero attached hydrogens (tertiary/aromatic N) is 2. The van der Waals surface area contributed by atoms with E-state index in [9.17, 15) is 23.1 Å². The monoisotopic (exact) mass is 369 g/mol. The van der Waals surface area contributed by atoms with Gasteiger partial charge in [0.1, 0.15) is 17.1 Å². The van der Waals surface area contributed by atoms with Crippen LogP contribution in [0.4, 0.5) is 18.9 Å². The first kappa shape index (κ1) is 17.1. The average Bonchev–Trinajstić information content (AvgIpc) is 2.85. The summed E-state index contributed by atoms with van der Waals surface area (Å²) in [5.41, 5.74) is -0.485. The summed E-state index contributed by atoms with van der Waals surface area (Å²) in [4.78, 5) is 16.6. The Morgan fingerprint density at radius 1 is 1.28 bits per heavy atom. The number of carbonyl (C=O) groups excluding carboxylic acids is 1. The quantitative estimate of drug-likeness (QED) is 0.663. The summed E-state index contributed by atoms with van der Waals surface area (Å²) in [7, 11) is 0. The SMILES string of the molecule is Cc1nc2ccc(C(F)(F)F)cn2c1C(=O)Nc1cc(Cl)ccc1O. The number of aromatic nitrogens is 2. The summed E-state index contributed by atoms with van der Waals surface area (Å²) in [5.74, 6) is -0.943. The van der Waals surface area contributed by atoms with E-state index in [0.717, 1.165) is 16.7 Å². The lowest BCUT2D eigenvalue weighted by Gasteiger charge is -2.10. The highest BCUT2D eigenvalue weighted by Gasteiger charge is 2.31. The largest absolute Gasteiger partial charge is 0.506 e. The smallest absolute Gasteiger partial charge is 0.417 e. The molecular weight excluding hydrogens is 359 g/mol. The van der Waals surface area contributed by atoms with Crippen LogP contribution in [0.5, 0.6) is 5.75 Å². The lowest BCUT2D eigenvalue weighted by molar-refractivity contribution is -0.137. The van der Waals surface area contributed by atoms with E-state index in [4.69, 9.17) is 11.6 Å². The average molecular weight is 370 g/mol. The molecule has 0 radical (unpaired) electrons. The maximum Gasteiger partial charge on any atom is 0.417 e. The molecule has 0 saturated carbocycles. The second kappa shape index (κ2) is 5.96. The number of hydrogen-bond acceptors (Lipinski definition) is 3. The van der Waals surface area contributed by atoms with Crippen molar-refractivity contribution in [2.75, 3.05) is 5.32 Å². The minimum absolute atomic E-state index is 0.0406. The Morgan fingerprint density at radius 3 is 2.68 bits per heavy atom. The van der Waals surface area contributed by atoms with Gasteiger partial charge >= 0.3 is 6.18 Å². The van der Waals surface area contributed by atoms with Gasteiger partial charge in [-0.25, -0.2) is 4.98 Å².